The molecule has 0 saturated heterocycles. The summed E-state index contributed by atoms with van der Waals surface area (Å²) in [6, 6.07) is 5.29. The molecule has 0 aliphatic carbocycles. The highest BCUT2D eigenvalue weighted by Gasteiger charge is 2.11. The fourth-order valence-electron chi connectivity index (χ4n) is 1.95. The second-order valence-corrected chi connectivity index (χ2v) is 4.42. The van der Waals surface area contributed by atoms with Crippen LogP contribution in [0, 0.1) is 12.7 Å². The molecule has 0 bridgehead atoms. The maximum absolute atomic E-state index is 13.1. The summed E-state index contributed by atoms with van der Waals surface area (Å²) in [5.41, 5.74) is 0.695. The number of fused-ring (bicyclic) bond motifs is 1. The zero-order valence-corrected chi connectivity index (χ0v) is 10.9. The molecule has 1 aromatic carbocycles. The predicted molar refractivity (Wildman–Crippen MR) is 73.7 cm³/mol. The SMILES string of the molecule is Cc1cc(=O)[nH]c(N=Nc2c(O)[nH]c3cc(F)ccc23)n1. The molecule has 8 heteroatoms. The molecule has 0 spiro atoms. The number of hydrogen-bond donors (Lipinski definition) is 3. The maximum atomic E-state index is 13.1. The first-order valence-corrected chi connectivity index (χ1v) is 6.03. The molecule has 0 radical (unpaired) electrons. The van der Waals surface area contributed by atoms with Gasteiger partial charge >= 0.3 is 0 Å². The van der Waals surface area contributed by atoms with Gasteiger partial charge in [-0.25, -0.2) is 9.37 Å². The van der Waals surface area contributed by atoms with Gasteiger partial charge in [0.25, 0.3) is 5.56 Å². The second kappa shape index (κ2) is 4.82. The van der Waals surface area contributed by atoms with Crippen LogP contribution in [0.1, 0.15) is 5.69 Å². The molecule has 0 saturated carbocycles. The highest BCUT2D eigenvalue weighted by Crippen LogP contribution is 2.36. The van der Waals surface area contributed by atoms with Crippen LogP contribution in [0.2, 0.25) is 0 Å². The monoisotopic (exact) mass is 287 g/mol. The lowest BCUT2D eigenvalue weighted by molar-refractivity contribution is 0.459. The van der Waals surface area contributed by atoms with Crippen LogP contribution in [0.4, 0.5) is 16.0 Å². The van der Waals surface area contributed by atoms with Crippen molar-refractivity contribution in [1.82, 2.24) is 15.0 Å². The van der Waals surface area contributed by atoms with Crippen LogP contribution in [0.15, 0.2) is 39.3 Å². The molecular weight excluding hydrogens is 277 g/mol. The quantitative estimate of drug-likeness (QED) is 0.631. The molecule has 2 aromatic heterocycles. The zero-order chi connectivity index (χ0) is 15.0. The lowest BCUT2D eigenvalue weighted by Gasteiger charge is -1.94. The average Bonchev–Trinajstić information content (AvgIpc) is 2.70. The van der Waals surface area contributed by atoms with E-state index >= 15 is 0 Å². The number of halogens is 1. The number of nitrogens with zero attached hydrogens (tertiary/aromatic N) is 3. The number of aromatic hydroxyl groups is 1. The molecule has 0 aliphatic rings. The number of H-pyrrole nitrogens is 2. The van der Waals surface area contributed by atoms with Gasteiger partial charge in [-0.2, -0.15) is 0 Å². The van der Waals surface area contributed by atoms with E-state index in [0.717, 1.165) is 0 Å². The van der Waals surface area contributed by atoms with Crippen molar-refractivity contribution < 1.29 is 9.50 Å². The molecule has 2 heterocycles. The molecule has 21 heavy (non-hydrogen) atoms. The Bertz CT molecular complexity index is 913. The molecule has 3 N–H and O–H groups in total. The third kappa shape index (κ3) is 2.50. The van der Waals surface area contributed by atoms with E-state index in [1.165, 1.54) is 24.3 Å². The van der Waals surface area contributed by atoms with Gasteiger partial charge in [0.05, 0.1) is 5.52 Å². The Hall–Kier alpha value is -3.03. The molecule has 0 fully saturated rings. The van der Waals surface area contributed by atoms with E-state index in [0.29, 0.717) is 16.6 Å². The number of hydrogen-bond acceptors (Lipinski definition) is 5. The Morgan fingerprint density at radius 3 is 2.81 bits per heavy atom. The van der Waals surface area contributed by atoms with Gasteiger partial charge in [0, 0.05) is 17.1 Å². The first-order chi connectivity index (χ1) is 10.0. The lowest BCUT2D eigenvalue weighted by Crippen LogP contribution is -2.05. The highest BCUT2D eigenvalue weighted by atomic mass is 19.1. The average molecular weight is 287 g/mol. The fourth-order valence-corrected chi connectivity index (χ4v) is 1.95. The van der Waals surface area contributed by atoms with Crippen molar-refractivity contribution in [1.29, 1.82) is 0 Å². The van der Waals surface area contributed by atoms with E-state index in [1.54, 1.807) is 6.92 Å². The van der Waals surface area contributed by atoms with Crippen molar-refractivity contribution in [2.24, 2.45) is 10.2 Å². The highest BCUT2D eigenvalue weighted by molar-refractivity contribution is 5.94. The molecule has 0 amide bonds. The summed E-state index contributed by atoms with van der Waals surface area (Å²) in [6.07, 6.45) is 0. The van der Waals surface area contributed by atoms with Gasteiger partial charge < -0.3 is 10.1 Å². The van der Waals surface area contributed by atoms with E-state index in [9.17, 15) is 14.3 Å². The summed E-state index contributed by atoms with van der Waals surface area (Å²) in [7, 11) is 0. The first-order valence-electron chi connectivity index (χ1n) is 6.03. The fraction of sp³-hybridized carbons (Fsp3) is 0.0769. The van der Waals surface area contributed by atoms with E-state index in [2.05, 4.69) is 25.2 Å². The van der Waals surface area contributed by atoms with Gasteiger partial charge in [0.15, 0.2) is 5.69 Å². The molecule has 0 unspecified atom stereocenters. The molecule has 0 aliphatic heterocycles. The van der Waals surface area contributed by atoms with E-state index in [-0.39, 0.29) is 23.1 Å². The van der Waals surface area contributed by atoms with Gasteiger partial charge in [0.1, 0.15) is 5.82 Å². The van der Waals surface area contributed by atoms with Crippen molar-refractivity contribution in [3.05, 3.63) is 46.1 Å². The van der Waals surface area contributed by atoms with Gasteiger partial charge in [0.2, 0.25) is 11.8 Å². The van der Waals surface area contributed by atoms with Crippen molar-refractivity contribution in [2.75, 3.05) is 0 Å². The number of nitrogens with one attached hydrogen (secondary N) is 2. The zero-order valence-electron chi connectivity index (χ0n) is 10.9. The van der Waals surface area contributed by atoms with Crippen molar-refractivity contribution >= 4 is 22.5 Å². The summed E-state index contributed by atoms with van der Waals surface area (Å²) in [4.78, 5) is 20.3. The van der Waals surface area contributed by atoms with E-state index < -0.39 is 5.82 Å². The summed E-state index contributed by atoms with van der Waals surface area (Å²) in [6.45, 7) is 1.65. The number of rotatable bonds is 2. The minimum absolute atomic E-state index is 0.0239. The predicted octanol–water partition coefficient (Wildman–Crippen LogP) is 2.82. The number of aromatic nitrogens is 3. The molecule has 0 atom stereocenters. The van der Waals surface area contributed by atoms with Crippen LogP contribution < -0.4 is 5.56 Å². The van der Waals surface area contributed by atoms with Crippen LogP contribution >= 0.6 is 0 Å². The van der Waals surface area contributed by atoms with Gasteiger partial charge in [-0.3, -0.25) is 9.78 Å². The molecule has 106 valence electrons. The normalized spacial score (nSPS) is 11.5. The van der Waals surface area contributed by atoms with E-state index in [4.69, 9.17) is 0 Å². The number of aryl methyl sites for hydroxylation is 1. The number of aromatic amines is 2. The minimum atomic E-state index is -0.433. The number of azo groups is 1. The van der Waals surface area contributed by atoms with E-state index in [1.807, 2.05) is 0 Å². The Morgan fingerprint density at radius 2 is 2.05 bits per heavy atom. The summed E-state index contributed by atoms with van der Waals surface area (Å²) < 4.78 is 13.1. The maximum Gasteiger partial charge on any atom is 0.252 e. The minimum Gasteiger partial charge on any atom is -0.493 e. The Morgan fingerprint density at radius 1 is 1.24 bits per heavy atom. The Balaban J connectivity index is 2.07. The Labute approximate surface area is 117 Å². The third-order valence-corrected chi connectivity index (χ3v) is 2.82. The van der Waals surface area contributed by atoms with Crippen LogP contribution in [0.5, 0.6) is 5.88 Å². The van der Waals surface area contributed by atoms with Crippen LogP contribution in [-0.2, 0) is 0 Å². The summed E-state index contributed by atoms with van der Waals surface area (Å²) in [5.74, 6) is -0.651. The van der Waals surface area contributed by atoms with Crippen LogP contribution in [0.3, 0.4) is 0 Å². The topological polar surface area (TPSA) is 106 Å². The molecule has 7 nitrogen and oxygen atoms in total. The van der Waals surface area contributed by atoms with Gasteiger partial charge in [-0.15, -0.1) is 10.2 Å². The number of benzene rings is 1. The largest absolute Gasteiger partial charge is 0.493 e. The summed E-state index contributed by atoms with van der Waals surface area (Å²) in [5, 5.41) is 17.9. The third-order valence-electron chi connectivity index (χ3n) is 2.82. The first kappa shape index (κ1) is 13.0. The van der Waals surface area contributed by atoms with Crippen molar-refractivity contribution in [3.8, 4) is 5.88 Å². The molecule has 3 rings (SSSR count). The van der Waals surface area contributed by atoms with Gasteiger partial charge in [-0.1, -0.05) is 0 Å². The lowest BCUT2D eigenvalue weighted by atomic mass is 10.2. The molecular formula is C13H10FN5O2. The standard InChI is InChI=1S/C13H10FN5O2/c1-6-4-10(20)17-13(15-6)19-18-11-8-3-2-7(14)5-9(8)16-12(11)21/h2-5,16,21H,1H3,(H,15,17,20). The Kier molecular flexibility index (Phi) is 2.98. The molecule has 3 aromatic rings. The van der Waals surface area contributed by atoms with Gasteiger partial charge in [-0.05, 0) is 25.1 Å². The van der Waals surface area contributed by atoms with Crippen molar-refractivity contribution in [3.63, 3.8) is 0 Å². The smallest absolute Gasteiger partial charge is 0.252 e. The van der Waals surface area contributed by atoms with Crippen molar-refractivity contribution in [2.45, 2.75) is 6.92 Å². The van der Waals surface area contributed by atoms with Crippen LogP contribution in [0.25, 0.3) is 10.9 Å². The van der Waals surface area contributed by atoms with Crippen LogP contribution in [-0.4, -0.2) is 20.1 Å². The second-order valence-electron chi connectivity index (χ2n) is 4.42. The summed E-state index contributed by atoms with van der Waals surface area (Å²) >= 11 is 0.